The monoisotopic (exact) mass is 423 g/mol. The largest absolute Gasteiger partial charge is 0.494 e. The Morgan fingerprint density at radius 3 is 2.39 bits per heavy atom. The van der Waals surface area contributed by atoms with Crippen molar-refractivity contribution in [3.63, 3.8) is 0 Å². The van der Waals surface area contributed by atoms with E-state index in [2.05, 4.69) is 4.98 Å². The number of ether oxygens (including phenoxy) is 2. The van der Waals surface area contributed by atoms with E-state index in [-0.39, 0.29) is 23.8 Å². The van der Waals surface area contributed by atoms with E-state index in [4.69, 9.17) is 9.47 Å². The van der Waals surface area contributed by atoms with E-state index in [0.717, 1.165) is 48.3 Å². The van der Waals surface area contributed by atoms with Crippen LogP contribution in [0.4, 0.5) is 0 Å². The maximum Gasteiger partial charge on any atom is 0.355 e. The van der Waals surface area contributed by atoms with Crippen molar-refractivity contribution in [2.24, 2.45) is 0 Å². The number of Topliss-reactive ketones (excluding diaryl/α,β-unsaturated/α-hetero) is 1. The lowest BCUT2D eigenvalue weighted by Crippen LogP contribution is -2.20. The Morgan fingerprint density at radius 2 is 1.71 bits per heavy atom. The molecule has 0 aliphatic heterocycles. The van der Waals surface area contributed by atoms with Crippen molar-refractivity contribution in [3.8, 4) is 5.75 Å². The normalized spacial score (nSPS) is 19.9. The summed E-state index contributed by atoms with van der Waals surface area (Å²) in [7, 11) is 0. The van der Waals surface area contributed by atoms with Gasteiger partial charge in [-0.3, -0.25) is 4.79 Å². The zero-order chi connectivity index (χ0) is 21.8. The molecule has 5 heteroatoms. The number of carbonyl (C=O) groups excluding carboxylic acids is 2. The lowest BCUT2D eigenvalue weighted by molar-refractivity contribution is 0.0232. The smallest absolute Gasteiger partial charge is 0.355 e. The van der Waals surface area contributed by atoms with Crippen LogP contribution in [0.15, 0.2) is 24.3 Å². The Morgan fingerprint density at radius 1 is 1.03 bits per heavy atom. The fourth-order valence-electron chi connectivity index (χ4n) is 5.02. The van der Waals surface area contributed by atoms with Crippen LogP contribution in [-0.2, 0) is 11.2 Å². The Balaban J connectivity index is 1.49. The van der Waals surface area contributed by atoms with Crippen molar-refractivity contribution in [1.29, 1.82) is 0 Å². The van der Waals surface area contributed by atoms with E-state index < -0.39 is 0 Å². The van der Waals surface area contributed by atoms with Gasteiger partial charge in [0.05, 0.1) is 6.61 Å². The van der Waals surface area contributed by atoms with Gasteiger partial charge in [0.2, 0.25) is 0 Å². The highest BCUT2D eigenvalue weighted by atomic mass is 16.5. The van der Waals surface area contributed by atoms with Gasteiger partial charge in [-0.05, 0) is 75.1 Å². The second-order valence-electron chi connectivity index (χ2n) is 8.88. The summed E-state index contributed by atoms with van der Waals surface area (Å²) in [4.78, 5) is 29.2. The first-order valence-electron chi connectivity index (χ1n) is 11.7. The van der Waals surface area contributed by atoms with E-state index in [9.17, 15) is 9.59 Å². The van der Waals surface area contributed by atoms with E-state index in [0.29, 0.717) is 30.7 Å². The van der Waals surface area contributed by atoms with Gasteiger partial charge >= 0.3 is 5.97 Å². The van der Waals surface area contributed by atoms with Gasteiger partial charge in [-0.1, -0.05) is 31.4 Å². The number of benzene rings is 1. The van der Waals surface area contributed by atoms with Gasteiger partial charge in [0.15, 0.2) is 5.78 Å². The quantitative estimate of drug-likeness (QED) is 0.608. The van der Waals surface area contributed by atoms with Gasteiger partial charge in [0, 0.05) is 17.7 Å². The third-order valence-corrected chi connectivity index (χ3v) is 6.68. The predicted molar refractivity (Wildman–Crippen MR) is 120 cm³/mol. The molecule has 1 saturated carbocycles. The molecule has 1 aromatic carbocycles. The van der Waals surface area contributed by atoms with Crippen molar-refractivity contribution in [3.05, 3.63) is 52.3 Å². The summed E-state index contributed by atoms with van der Waals surface area (Å²) in [5, 5.41) is 0. The number of H-pyrrole nitrogens is 1. The van der Waals surface area contributed by atoms with E-state index in [1.54, 1.807) is 0 Å². The summed E-state index contributed by atoms with van der Waals surface area (Å²) in [6.45, 7) is 4.45. The lowest BCUT2D eigenvalue weighted by Gasteiger charge is -2.22. The highest BCUT2D eigenvalue weighted by Crippen LogP contribution is 2.36. The van der Waals surface area contributed by atoms with Crippen LogP contribution < -0.4 is 4.74 Å². The van der Waals surface area contributed by atoms with Crippen LogP contribution in [0.5, 0.6) is 5.75 Å². The summed E-state index contributed by atoms with van der Waals surface area (Å²) in [5.74, 6) is 0.717. The van der Waals surface area contributed by atoms with Crippen LogP contribution in [-0.4, -0.2) is 29.4 Å². The fraction of sp³-hybridized carbons (Fsp3) is 0.538. The molecule has 1 N–H and O–H groups in total. The average Bonchev–Trinajstić information content (AvgIpc) is 3.08. The zero-order valence-electron chi connectivity index (χ0n) is 18.7. The first-order chi connectivity index (χ1) is 15.1. The van der Waals surface area contributed by atoms with Crippen molar-refractivity contribution in [2.75, 3.05) is 6.61 Å². The third-order valence-electron chi connectivity index (χ3n) is 6.68. The van der Waals surface area contributed by atoms with Gasteiger partial charge in [0.25, 0.3) is 0 Å². The minimum atomic E-state index is -0.317. The number of aromatic amines is 1. The topological polar surface area (TPSA) is 68.4 Å². The highest BCUT2D eigenvalue weighted by Gasteiger charge is 2.32. The maximum absolute atomic E-state index is 13.0. The molecule has 1 atom stereocenters. The molecule has 4 rings (SSSR count). The number of hydrogen-bond donors (Lipinski definition) is 1. The molecule has 5 nitrogen and oxygen atoms in total. The molecule has 0 unspecified atom stereocenters. The minimum Gasteiger partial charge on any atom is -0.494 e. The molecule has 2 aliphatic rings. The molecular formula is C26H33NO4. The molecule has 0 bridgehead atoms. The lowest BCUT2D eigenvalue weighted by atomic mass is 9.81. The number of rotatable bonds is 5. The fourth-order valence-corrected chi connectivity index (χ4v) is 5.02. The van der Waals surface area contributed by atoms with Crippen molar-refractivity contribution in [2.45, 2.75) is 83.7 Å². The van der Waals surface area contributed by atoms with Crippen molar-refractivity contribution >= 4 is 11.8 Å². The molecule has 1 heterocycles. The van der Waals surface area contributed by atoms with Gasteiger partial charge in [-0.2, -0.15) is 0 Å². The first-order valence-corrected chi connectivity index (χ1v) is 11.7. The molecule has 1 aromatic heterocycles. The van der Waals surface area contributed by atoms with Gasteiger partial charge in [0.1, 0.15) is 17.5 Å². The van der Waals surface area contributed by atoms with Crippen LogP contribution in [0.25, 0.3) is 0 Å². The molecule has 0 amide bonds. The van der Waals surface area contributed by atoms with Crippen LogP contribution >= 0.6 is 0 Å². The molecule has 0 saturated heterocycles. The van der Waals surface area contributed by atoms with Gasteiger partial charge < -0.3 is 14.5 Å². The number of esters is 1. The summed E-state index contributed by atoms with van der Waals surface area (Å²) < 4.78 is 11.4. The van der Waals surface area contributed by atoms with Gasteiger partial charge in [-0.25, -0.2) is 4.79 Å². The maximum atomic E-state index is 13.0. The Hall–Kier alpha value is -2.56. The molecule has 2 aromatic rings. The minimum absolute atomic E-state index is 0.0140. The summed E-state index contributed by atoms with van der Waals surface area (Å²) in [5.41, 5.74) is 3.85. The Bertz CT molecular complexity index is 920. The second kappa shape index (κ2) is 9.71. The van der Waals surface area contributed by atoms with E-state index >= 15 is 0 Å². The molecule has 31 heavy (non-hydrogen) atoms. The van der Waals surface area contributed by atoms with Crippen molar-refractivity contribution in [1.82, 2.24) is 4.98 Å². The number of carbonyl (C=O) groups is 2. The molecule has 2 aliphatic carbocycles. The highest BCUT2D eigenvalue weighted by molar-refractivity contribution is 6.03. The average molecular weight is 424 g/mol. The molecule has 166 valence electrons. The summed E-state index contributed by atoms with van der Waals surface area (Å²) in [6, 6.07) is 7.98. The van der Waals surface area contributed by atoms with Crippen LogP contribution in [0.2, 0.25) is 0 Å². The second-order valence-corrected chi connectivity index (χ2v) is 8.88. The van der Waals surface area contributed by atoms with Gasteiger partial charge in [-0.15, -0.1) is 0 Å². The summed E-state index contributed by atoms with van der Waals surface area (Å²) >= 11 is 0. The van der Waals surface area contributed by atoms with Crippen molar-refractivity contribution < 1.29 is 19.1 Å². The van der Waals surface area contributed by atoms with Crippen LogP contribution in [0.1, 0.15) is 102 Å². The molecular weight excluding hydrogens is 390 g/mol. The molecule has 1 fully saturated rings. The standard InChI is InChI=1S/C26H33NO4/c1-3-30-20-13-11-18(12-14-20)19-15-22-24(23(28)16-19)17(2)25(27-22)26(29)31-21-9-7-5-4-6-8-10-21/h11-14,19,21,27H,3-10,15-16H2,1-2H3/t19-/m0/s1. The first kappa shape index (κ1) is 21.7. The SMILES string of the molecule is CCOc1ccc([C@@H]2CC(=O)c3c([nH]c(C(=O)OC4CCCCCCC4)c3C)C2)cc1. The number of ketones is 1. The zero-order valence-corrected chi connectivity index (χ0v) is 18.7. The van der Waals surface area contributed by atoms with Crippen LogP contribution in [0, 0.1) is 6.92 Å². The number of aromatic nitrogens is 1. The number of nitrogens with one attached hydrogen (secondary N) is 1. The summed E-state index contributed by atoms with van der Waals surface area (Å²) in [6.07, 6.45) is 8.95. The third kappa shape index (κ3) is 4.86. The molecule has 0 spiro atoms. The Labute approximate surface area is 184 Å². The van der Waals surface area contributed by atoms with E-state index in [1.165, 1.54) is 19.3 Å². The number of hydrogen-bond acceptors (Lipinski definition) is 4. The predicted octanol–water partition coefficient (Wildman–Crippen LogP) is 5.90. The van der Waals surface area contributed by atoms with E-state index in [1.807, 2.05) is 38.1 Å². The number of fused-ring (bicyclic) bond motifs is 1. The molecule has 0 radical (unpaired) electrons. The Kier molecular flexibility index (Phi) is 6.79. The van der Waals surface area contributed by atoms with Crippen LogP contribution in [0.3, 0.4) is 0 Å².